The number of ether oxygens (including phenoxy) is 3. The van der Waals surface area contributed by atoms with Crippen molar-refractivity contribution < 1.29 is 23.8 Å². The lowest BCUT2D eigenvalue weighted by atomic mass is 10.1. The van der Waals surface area contributed by atoms with E-state index in [0.717, 1.165) is 38.5 Å². The number of benzene rings is 1. The highest BCUT2D eigenvalue weighted by Gasteiger charge is 2.04. The fraction of sp³-hybridized carbons (Fsp3) is 0.667. The average molecular weight is 730 g/mol. The van der Waals surface area contributed by atoms with Crippen LogP contribution in [-0.4, -0.2) is 64.5 Å². The second-order valence-corrected chi connectivity index (χ2v) is 13.2. The van der Waals surface area contributed by atoms with Crippen LogP contribution in [-0.2, 0) is 19.0 Å². The van der Waals surface area contributed by atoms with E-state index < -0.39 is 0 Å². The molecule has 0 aliphatic heterocycles. The van der Waals surface area contributed by atoms with Gasteiger partial charge in [-0.15, -0.1) is 0 Å². The van der Waals surface area contributed by atoms with Crippen LogP contribution in [0.25, 0.3) is 0 Å². The van der Waals surface area contributed by atoms with Gasteiger partial charge in [-0.05, 0) is 68.2 Å². The Morgan fingerprint density at radius 1 is 0.566 bits per heavy atom. The molecule has 0 fully saturated rings. The SMILES string of the molecule is CCCCCCCCCCCCC#CC#CCCCCCCCCC(=O)NCCCOCCOCCOCCCNC(=O)c1ccc(C#CC#N)cc1. The standard InChI is InChI=1S/C45H67N3O5/c1-2-3-4-5-6-7-8-9-10-11-12-13-14-15-16-17-18-19-20-21-22-23-28-44(49)47-34-25-36-51-38-40-53-41-39-52-37-26-35-48-45(50)43-31-29-42(30-32-43)27-24-33-46/h29-32H,2-12,17-23,25-26,28,34-41H2,1H3,(H,47,49)(H,48,50). The molecule has 0 bridgehead atoms. The zero-order valence-electron chi connectivity index (χ0n) is 32.8. The number of nitrogens with zero attached hydrogens (tertiary/aromatic N) is 1. The van der Waals surface area contributed by atoms with Crippen LogP contribution in [0.1, 0.15) is 158 Å². The molecule has 0 spiro atoms. The number of nitriles is 1. The van der Waals surface area contributed by atoms with Crippen molar-refractivity contribution in [3.05, 3.63) is 35.4 Å². The number of carbonyl (C=O) groups is 2. The van der Waals surface area contributed by atoms with Crippen LogP contribution in [0.4, 0.5) is 0 Å². The molecule has 0 heterocycles. The highest BCUT2D eigenvalue weighted by Crippen LogP contribution is 2.11. The molecule has 0 aliphatic carbocycles. The fourth-order valence-electron chi connectivity index (χ4n) is 5.44. The molecule has 8 heteroatoms. The van der Waals surface area contributed by atoms with Crippen LogP contribution in [0, 0.1) is 46.9 Å². The number of carbonyl (C=O) groups excluding carboxylic acids is 2. The molecule has 2 N–H and O–H groups in total. The van der Waals surface area contributed by atoms with Gasteiger partial charge in [0.2, 0.25) is 5.91 Å². The molecular weight excluding hydrogens is 663 g/mol. The van der Waals surface area contributed by atoms with Gasteiger partial charge in [0.15, 0.2) is 6.07 Å². The van der Waals surface area contributed by atoms with Crippen molar-refractivity contribution in [3.63, 3.8) is 0 Å². The summed E-state index contributed by atoms with van der Waals surface area (Å²) >= 11 is 0. The Hall–Kier alpha value is -3.79. The van der Waals surface area contributed by atoms with Crippen molar-refractivity contribution in [1.29, 1.82) is 5.26 Å². The highest BCUT2D eigenvalue weighted by molar-refractivity contribution is 5.94. The van der Waals surface area contributed by atoms with E-state index in [1.165, 1.54) is 83.5 Å². The number of nitrogens with one attached hydrogen (secondary N) is 2. The highest BCUT2D eigenvalue weighted by atomic mass is 16.5. The first-order valence-corrected chi connectivity index (χ1v) is 20.4. The van der Waals surface area contributed by atoms with E-state index in [0.29, 0.717) is 76.7 Å². The van der Waals surface area contributed by atoms with Gasteiger partial charge in [0.25, 0.3) is 5.91 Å². The summed E-state index contributed by atoms with van der Waals surface area (Å²) in [5.41, 5.74) is 1.24. The summed E-state index contributed by atoms with van der Waals surface area (Å²) in [5, 5.41) is 14.3. The van der Waals surface area contributed by atoms with Gasteiger partial charge in [-0.25, -0.2) is 0 Å². The number of rotatable bonds is 33. The fourth-order valence-corrected chi connectivity index (χ4v) is 5.44. The van der Waals surface area contributed by atoms with Gasteiger partial charge >= 0.3 is 0 Å². The van der Waals surface area contributed by atoms with Crippen molar-refractivity contribution in [2.75, 3.05) is 52.7 Å². The molecule has 0 radical (unpaired) electrons. The monoisotopic (exact) mass is 730 g/mol. The zero-order chi connectivity index (χ0) is 38.1. The predicted molar refractivity (Wildman–Crippen MR) is 215 cm³/mol. The Morgan fingerprint density at radius 3 is 1.57 bits per heavy atom. The van der Waals surface area contributed by atoms with Crippen molar-refractivity contribution >= 4 is 11.8 Å². The number of amides is 2. The molecule has 1 rings (SSSR count). The number of unbranched alkanes of at least 4 members (excludes halogenated alkanes) is 16. The Labute approximate surface area is 322 Å². The van der Waals surface area contributed by atoms with Crippen LogP contribution in [0.5, 0.6) is 0 Å². The van der Waals surface area contributed by atoms with Crippen molar-refractivity contribution in [1.82, 2.24) is 10.6 Å². The quantitative estimate of drug-likeness (QED) is 0.0554. The first-order valence-electron chi connectivity index (χ1n) is 20.4. The Balaban J connectivity index is 1.78. The van der Waals surface area contributed by atoms with Gasteiger partial charge in [0.05, 0.1) is 26.4 Å². The van der Waals surface area contributed by atoms with Crippen molar-refractivity contribution in [2.24, 2.45) is 0 Å². The summed E-state index contributed by atoms with van der Waals surface area (Å²) in [4.78, 5) is 24.2. The van der Waals surface area contributed by atoms with Crippen LogP contribution >= 0.6 is 0 Å². The molecule has 53 heavy (non-hydrogen) atoms. The normalized spacial score (nSPS) is 10.2. The second kappa shape index (κ2) is 38.0. The second-order valence-electron chi connectivity index (χ2n) is 13.2. The summed E-state index contributed by atoms with van der Waals surface area (Å²) < 4.78 is 16.6. The molecule has 292 valence electrons. The first kappa shape index (κ1) is 47.2. The molecule has 1 aromatic carbocycles. The minimum Gasteiger partial charge on any atom is -0.379 e. The lowest BCUT2D eigenvalue weighted by Crippen LogP contribution is -2.25. The maximum atomic E-state index is 12.2. The van der Waals surface area contributed by atoms with Gasteiger partial charge in [0.1, 0.15) is 0 Å². The molecule has 0 saturated heterocycles. The van der Waals surface area contributed by atoms with Gasteiger partial charge in [-0.3, -0.25) is 9.59 Å². The smallest absolute Gasteiger partial charge is 0.251 e. The topological polar surface area (TPSA) is 110 Å². The van der Waals surface area contributed by atoms with Crippen LogP contribution in [0.3, 0.4) is 0 Å². The summed E-state index contributed by atoms with van der Waals surface area (Å²) in [7, 11) is 0. The average Bonchev–Trinajstić information content (AvgIpc) is 3.17. The maximum Gasteiger partial charge on any atom is 0.251 e. The molecule has 8 nitrogen and oxygen atoms in total. The summed E-state index contributed by atoms with van der Waals surface area (Å²) in [6, 6.07) is 8.57. The largest absolute Gasteiger partial charge is 0.379 e. The summed E-state index contributed by atoms with van der Waals surface area (Å²) in [5.74, 6) is 17.4. The molecule has 2 amide bonds. The van der Waals surface area contributed by atoms with E-state index in [1.807, 2.05) is 0 Å². The van der Waals surface area contributed by atoms with Gasteiger partial charge in [-0.1, -0.05) is 108 Å². The van der Waals surface area contributed by atoms with Gasteiger partial charge in [-0.2, -0.15) is 5.26 Å². The Morgan fingerprint density at radius 2 is 1.04 bits per heavy atom. The maximum absolute atomic E-state index is 12.2. The molecule has 0 aromatic heterocycles. The van der Waals surface area contributed by atoms with Gasteiger partial charge in [0, 0.05) is 62.6 Å². The molecule has 0 unspecified atom stereocenters. The molecular formula is C45H67N3O5. The minimum absolute atomic E-state index is 0.120. The lowest BCUT2D eigenvalue weighted by Gasteiger charge is -2.08. The molecule has 0 aliphatic rings. The molecule has 1 aromatic rings. The Kier molecular flexibility index (Phi) is 33.8. The van der Waals surface area contributed by atoms with Crippen molar-refractivity contribution in [3.8, 4) is 41.6 Å². The van der Waals surface area contributed by atoms with E-state index in [9.17, 15) is 9.59 Å². The van der Waals surface area contributed by atoms with Crippen LogP contribution in [0.2, 0.25) is 0 Å². The van der Waals surface area contributed by atoms with Crippen molar-refractivity contribution in [2.45, 2.75) is 142 Å². The van der Waals surface area contributed by atoms with E-state index >= 15 is 0 Å². The third-order valence-electron chi connectivity index (χ3n) is 8.54. The predicted octanol–water partition coefficient (Wildman–Crippen LogP) is 8.68. The van der Waals surface area contributed by atoms with Crippen LogP contribution < -0.4 is 10.6 Å². The van der Waals surface area contributed by atoms with E-state index in [2.05, 4.69) is 53.1 Å². The number of hydrogen-bond donors (Lipinski definition) is 2. The number of hydrogen-bond acceptors (Lipinski definition) is 6. The van der Waals surface area contributed by atoms with E-state index in [-0.39, 0.29) is 11.8 Å². The lowest BCUT2D eigenvalue weighted by molar-refractivity contribution is -0.121. The van der Waals surface area contributed by atoms with E-state index in [1.54, 1.807) is 30.3 Å². The third kappa shape index (κ3) is 32.6. The minimum atomic E-state index is -0.156. The molecule has 0 saturated carbocycles. The third-order valence-corrected chi connectivity index (χ3v) is 8.54. The first-order chi connectivity index (χ1) is 26.2. The Bertz CT molecular complexity index is 1290. The summed E-state index contributed by atoms with van der Waals surface area (Å²) in [6.07, 6.45) is 24.2. The zero-order valence-corrected chi connectivity index (χ0v) is 32.8. The van der Waals surface area contributed by atoms with E-state index in [4.69, 9.17) is 19.5 Å². The van der Waals surface area contributed by atoms with Crippen LogP contribution in [0.15, 0.2) is 24.3 Å². The molecule has 0 atom stereocenters. The summed E-state index contributed by atoms with van der Waals surface area (Å²) in [6.45, 7) is 6.49. The van der Waals surface area contributed by atoms with Gasteiger partial charge < -0.3 is 24.8 Å².